The third-order valence-corrected chi connectivity index (χ3v) is 2.45. The van der Waals surface area contributed by atoms with E-state index in [1.165, 1.54) is 6.92 Å². The lowest BCUT2D eigenvalue weighted by Gasteiger charge is -2.08. The molecule has 0 aromatic rings. The number of carbonyl (C=O) groups excluding carboxylic acids is 2. The summed E-state index contributed by atoms with van der Waals surface area (Å²) in [5.41, 5.74) is 0. The van der Waals surface area contributed by atoms with Crippen molar-refractivity contribution in [1.82, 2.24) is 4.90 Å². The molecule has 0 atom stereocenters. The van der Waals surface area contributed by atoms with Crippen LogP contribution in [0.1, 0.15) is 26.2 Å². The number of ether oxygens (including phenoxy) is 2. The SMILES string of the molecule is C=C(CCC/C=C/CN1CCOC1=O)OC(C)=O. The molecular weight excluding hydrogens is 234 g/mol. The Morgan fingerprint density at radius 3 is 2.94 bits per heavy atom. The van der Waals surface area contributed by atoms with Crippen molar-refractivity contribution in [3.05, 3.63) is 24.5 Å². The molecule has 1 aliphatic rings. The van der Waals surface area contributed by atoms with Crippen molar-refractivity contribution >= 4 is 12.1 Å². The van der Waals surface area contributed by atoms with Gasteiger partial charge in [0.1, 0.15) is 12.4 Å². The van der Waals surface area contributed by atoms with Crippen LogP contribution in [0.3, 0.4) is 0 Å². The number of hydrogen-bond acceptors (Lipinski definition) is 4. The summed E-state index contributed by atoms with van der Waals surface area (Å²) < 4.78 is 9.63. The standard InChI is InChI=1S/C13H19NO4/c1-11(18-12(2)15)7-5-3-4-6-8-14-9-10-17-13(14)16/h4,6H,1,3,5,7-10H2,2H3/b6-4+. The number of esters is 1. The summed E-state index contributed by atoms with van der Waals surface area (Å²) in [4.78, 5) is 23.4. The van der Waals surface area contributed by atoms with Gasteiger partial charge in [-0.25, -0.2) is 4.79 Å². The molecule has 0 bridgehead atoms. The van der Waals surface area contributed by atoms with Crippen LogP contribution in [-0.2, 0) is 14.3 Å². The molecule has 0 spiro atoms. The van der Waals surface area contributed by atoms with E-state index in [9.17, 15) is 9.59 Å². The van der Waals surface area contributed by atoms with Crippen molar-refractivity contribution in [1.29, 1.82) is 0 Å². The maximum Gasteiger partial charge on any atom is 0.410 e. The maximum atomic E-state index is 11.1. The highest BCUT2D eigenvalue weighted by atomic mass is 16.6. The summed E-state index contributed by atoms with van der Waals surface area (Å²) in [5.74, 6) is 0.169. The summed E-state index contributed by atoms with van der Waals surface area (Å²) in [6.45, 7) is 6.74. The Kier molecular flexibility index (Phi) is 5.97. The van der Waals surface area contributed by atoms with E-state index in [2.05, 4.69) is 6.58 Å². The van der Waals surface area contributed by atoms with Crippen LogP contribution in [0, 0.1) is 0 Å². The third-order valence-electron chi connectivity index (χ3n) is 2.45. The van der Waals surface area contributed by atoms with Crippen LogP contribution in [0.4, 0.5) is 4.79 Å². The Bertz CT molecular complexity index is 349. The van der Waals surface area contributed by atoms with Crippen LogP contribution in [0.25, 0.3) is 0 Å². The summed E-state index contributed by atoms with van der Waals surface area (Å²) in [6.07, 6.45) is 6.10. The summed E-state index contributed by atoms with van der Waals surface area (Å²) in [6, 6.07) is 0. The molecule has 0 radical (unpaired) electrons. The predicted octanol–water partition coefficient (Wildman–Crippen LogP) is 2.24. The second kappa shape index (κ2) is 7.53. The Morgan fingerprint density at radius 1 is 1.56 bits per heavy atom. The monoisotopic (exact) mass is 253 g/mol. The van der Waals surface area contributed by atoms with E-state index in [4.69, 9.17) is 9.47 Å². The minimum absolute atomic E-state index is 0.247. The van der Waals surface area contributed by atoms with Crippen molar-refractivity contribution in [3.8, 4) is 0 Å². The third kappa shape index (κ3) is 5.52. The number of unbranched alkanes of at least 4 members (excludes halogenated alkanes) is 1. The predicted molar refractivity (Wildman–Crippen MR) is 66.8 cm³/mol. The molecule has 0 saturated carbocycles. The summed E-state index contributed by atoms with van der Waals surface area (Å²) in [7, 11) is 0. The first-order valence-electron chi connectivity index (χ1n) is 6.02. The quantitative estimate of drug-likeness (QED) is 0.302. The normalized spacial score (nSPS) is 14.9. The van der Waals surface area contributed by atoms with Crippen molar-refractivity contribution in [3.63, 3.8) is 0 Å². The van der Waals surface area contributed by atoms with Gasteiger partial charge in [-0.2, -0.15) is 0 Å². The molecule has 1 rings (SSSR count). The van der Waals surface area contributed by atoms with E-state index < -0.39 is 0 Å². The summed E-state index contributed by atoms with van der Waals surface area (Å²) in [5, 5.41) is 0. The molecule has 5 nitrogen and oxygen atoms in total. The highest BCUT2D eigenvalue weighted by Gasteiger charge is 2.19. The van der Waals surface area contributed by atoms with Crippen molar-refractivity contribution in [2.45, 2.75) is 26.2 Å². The first-order valence-corrected chi connectivity index (χ1v) is 6.02. The molecule has 0 N–H and O–H groups in total. The highest BCUT2D eigenvalue weighted by Crippen LogP contribution is 2.08. The van der Waals surface area contributed by atoms with E-state index in [1.54, 1.807) is 4.90 Å². The van der Waals surface area contributed by atoms with Crippen molar-refractivity contribution in [2.24, 2.45) is 0 Å². The number of hydrogen-bond donors (Lipinski definition) is 0. The molecule has 1 amide bonds. The lowest BCUT2D eigenvalue weighted by molar-refractivity contribution is -0.137. The van der Waals surface area contributed by atoms with Crippen LogP contribution >= 0.6 is 0 Å². The van der Waals surface area contributed by atoms with Crippen LogP contribution in [0.5, 0.6) is 0 Å². The highest BCUT2D eigenvalue weighted by molar-refractivity contribution is 5.69. The smallest absolute Gasteiger partial charge is 0.410 e. The van der Waals surface area contributed by atoms with Gasteiger partial charge in [0.15, 0.2) is 0 Å². The van der Waals surface area contributed by atoms with E-state index in [0.717, 1.165) is 12.8 Å². The molecule has 1 saturated heterocycles. The maximum absolute atomic E-state index is 11.1. The van der Waals surface area contributed by atoms with Gasteiger partial charge in [0.25, 0.3) is 0 Å². The fraction of sp³-hybridized carbons (Fsp3) is 0.538. The fourth-order valence-electron chi connectivity index (χ4n) is 1.58. The van der Waals surface area contributed by atoms with Gasteiger partial charge >= 0.3 is 12.1 Å². The van der Waals surface area contributed by atoms with Crippen LogP contribution in [0.2, 0.25) is 0 Å². The number of allylic oxidation sites excluding steroid dienone is 2. The minimum Gasteiger partial charge on any atom is -0.448 e. The van der Waals surface area contributed by atoms with E-state index >= 15 is 0 Å². The van der Waals surface area contributed by atoms with Gasteiger partial charge in [-0.1, -0.05) is 18.7 Å². The van der Waals surface area contributed by atoms with E-state index in [1.807, 2.05) is 12.2 Å². The molecule has 5 heteroatoms. The zero-order valence-corrected chi connectivity index (χ0v) is 10.7. The van der Waals surface area contributed by atoms with Gasteiger partial charge in [-0.15, -0.1) is 0 Å². The molecule has 100 valence electrons. The van der Waals surface area contributed by atoms with Crippen LogP contribution in [0.15, 0.2) is 24.5 Å². The lowest BCUT2D eigenvalue weighted by atomic mass is 10.2. The molecule has 0 aromatic heterocycles. The molecule has 18 heavy (non-hydrogen) atoms. The van der Waals surface area contributed by atoms with Gasteiger partial charge < -0.3 is 14.4 Å². The molecule has 0 aromatic carbocycles. The molecule has 0 aliphatic carbocycles. The van der Waals surface area contributed by atoms with Crippen LogP contribution < -0.4 is 0 Å². The van der Waals surface area contributed by atoms with Crippen LogP contribution in [-0.4, -0.2) is 36.7 Å². The van der Waals surface area contributed by atoms with E-state index in [-0.39, 0.29) is 12.1 Å². The number of carbonyl (C=O) groups is 2. The average Bonchev–Trinajstić information content (AvgIpc) is 2.68. The minimum atomic E-state index is -0.330. The first-order chi connectivity index (χ1) is 8.59. The molecular formula is C13H19NO4. The number of cyclic esters (lactones) is 1. The fourth-order valence-corrected chi connectivity index (χ4v) is 1.58. The molecule has 1 fully saturated rings. The molecule has 1 aliphatic heterocycles. The molecule has 1 heterocycles. The zero-order chi connectivity index (χ0) is 13.4. The average molecular weight is 253 g/mol. The lowest BCUT2D eigenvalue weighted by Crippen LogP contribution is -2.23. The number of rotatable bonds is 7. The number of amides is 1. The van der Waals surface area contributed by atoms with Crippen molar-refractivity contribution in [2.75, 3.05) is 19.7 Å². The van der Waals surface area contributed by atoms with Crippen molar-refractivity contribution < 1.29 is 19.1 Å². The van der Waals surface area contributed by atoms with Gasteiger partial charge in [0, 0.05) is 19.9 Å². The van der Waals surface area contributed by atoms with Gasteiger partial charge in [0.05, 0.1) is 6.54 Å². The summed E-state index contributed by atoms with van der Waals surface area (Å²) >= 11 is 0. The van der Waals surface area contributed by atoms with Gasteiger partial charge in [0.2, 0.25) is 0 Å². The largest absolute Gasteiger partial charge is 0.448 e. The second-order valence-corrected chi connectivity index (χ2v) is 4.06. The second-order valence-electron chi connectivity index (χ2n) is 4.06. The van der Waals surface area contributed by atoms with E-state index in [0.29, 0.717) is 31.9 Å². The first kappa shape index (κ1) is 14.3. The van der Waals surface area contributed by atoms with Gasteiger partial charge in [-0.05, 0) is 12.8 Å². The topological polar surface area (TPSA) is 55.8 Å². The van der Waals surface area contributed by atoms with Gasteiger partial charge in [-0.3, -0.25) is 4.79 Å². The Balaban J connectivity index is 2.05. The Hall–Kier alpha value is -1.78. The Morgan fingerprint density at radius 2 is 2.33 bits per heavy atom. The molecule has 0 unspecified atom stereocenters. The zero-order valence-electron chi connectivity index (χ0n) is 10.7. The Labute approximate surface area is 107 Å². The number of nitrogens with zero attached hydrogens (tertiary/aromatic N) is 1.